The zero-order valence-electron chi connectivity index (χ0n) is 20.5. The summed E-state index contributed by atoms with van der Waals surface area (Å²) >= 11 is 2.06. The lowest BCUT2D eigenvalue weighted by molar-refractivity contribution is -0.122. The monoisotopic (exact) mass is 626 g/mol. The lowest BCUT2D eigenvalue weighted by atomic mass is 10.1. The number of carbonyl (C=O) groups is 4. The Balaban J connectivity index is 1.64. The van der Waals surface area contributed by atoms with Gasteiger partial charge in [-0.1, -0.05) is 29.8 Å². The molecular formula is C28H23IN2O7. The summed E-state index contributed by atoms with van der Waals surface area (Å²) in [5.74, 6) is -1.75. The molecule has 3 aromatic rings. The third-order valence-electron chi connectivity index (χ3n) is 5.59. The van der Waals surface area contributed by atoms with Crippen LogP contribution < -0.4 is 19.7 Å². The number of barbiturate groups is 1. The van der Waals surface area contributed by atoms with E-state index in [0.29, 0.717) is 38.5 Å². The third kappa shape index (κ3) is 5.86. The number of carbonyl (C=O) groups excluding carboxylic acids is 3. The number of amides is 4. The Morgan fingerprint density at radius 2 is 1.79 bits per heavy atom. The molecular weight excluding hydrogens is 603 g/mol. The molecule has 1 aliphatic heterocycles. The SMILES string of the molecule is CCOc1cc(/C=C2\C(=O)NC(=O)N(c3ccc(C)cc3)C2=O)cc(I)c1OCc1cccc(C(=O)O)c1. The predicted octanol–water partition coefficient (Wildman–Crippen LogP) is 4.94. The highest BCUT2D eigenvalue weighted by molar-refractivity contribution is 14.1. The maximum absolute atomic E-state index is 13.2. The highest BCUT2D eigenvalue weighted by atomic mass is 127. The van der Waals surface area contributed by atoms with Crippen LogP contribution in [0.2, 0.25) is 0 Å². The van der Waals surface area contributed by atoms with Crippen molar-refractivity contribution in [3.63, 3.8) is 0 Å². The van der Waals surface area contributed by atoms with Crippen molar-refractivity contribution in [2.45, 2.75) is 20.5 Å². The van der Waals surface area contributed by atoms with E-state index in [9.17, 15) is 24.3 Å². The number of carboxylic acid groups (broad SMARTS) is 1. The Morgan fingerprint density at radius 1 is 1.05 bits per heavy atom. The quantitative estimate of drug-likeness (QED) is 0.206. The van der Waals surface area contributed by atoms with E-state index in [4.69, 9.17) is 9.47 Å². The number of aryl methyl sites for hydroxylation is 1. The van der Waals surface area contributed by atoms with E-state index in [0.717, 1.165) is 10.5 Å². The molecule has 0 radical (unpaired) electrons. The van der Waals surface area contributed by atoms with Gasteiger partial charge in [-0.25, -0.2) is 14.5 Å². The second kappa shape index (κ2) is 11.5. The Labute approximate surface area is 232 Å². The largest absolute Gasteiger partial charge is 0.490 e. The van der Waals surface area contributed by atoms with Crippen LogP contribution in [0.3, 0.4) is 0 Å². The number of carboxylic acids is 1. The number of benzene rings is 3. The summed E-state index contributed by atoms with van der Waals surface area (Å²) in [7, 11) is 0. The molecule has 9 nitrogen and oxygen atoms in total. The third-order valence-corrected chi connectivity index (χ3v) is 6.39. The average molecular weight is 626 g/mol. The molecule has 2 N–H and O–H groups in total. The molecule has 0 bridgehead atoms. The van der Waals surface area contributed by atoms with Crippen molar-refractivity contribution in [2.24, 2.45) is 0 Å². The van der Waals surface area contributed by atoms with Crippen LogP contribution in [0.4, 0.5) is 10.5 Å². The average Bonchev–Trinajstić information content (AvgIpc) is 2.87. The van der Waals surface area contributed by atoms with Gasteiger partial charge in [0.25, 0.3) is 11.8 Å². The first kappa shape index (κ1) is 26.9. The Kier molecular flexibility index (Phi) is 8.10. The fraction of sp³-hybridized carbons (Fsp3) is 0.143. The van der Waals surface area contributed by atoms with E-state index < -0.39 is 23.8 Å². The number of hydrogen-bond donors (Lipinski definition) is 2. The first-order chi connectivity index (χ1) is 18.2. The molecule has 1 fully saturated rings. The molecule has 194 valence electrons. The van der Waals surface area contributed by atoms with E-state index in [1.54, 1.807) is 55.5 Å². The predicted molar refractivity (Wildman–Crippen MR) is 148 cm³/mol. The summed E-state index contributed by atoms with van der Waals surface area (Å²) in [5.41, 5.74) is 2.41. The van der Waals surface area contributed by atoms with Gasteiger partial charge in [0.05, 0.1) is 21.4 Å². The van der Waals surface area contributed by atoms with Gasteiger partial charge in [0, 0.05) is 0 Å². The van der Waals surface area contributed by atoms with Crippen LogP contribution in [0, 0.1) is 10.5 Å². The number of nitrogens with zero attached hydrogens (tertiary/aromatic N) is 1. The van der Waals surface area contributed by atoms with Crippen molar-refractivity contribution in [3.05, 3.63) is 92.1 Å². The Bertz CT molecular complexity index is 1460. The van der Waals surface area contributed by atoms with Crippen molar-refractivity contribution < 1.29 is 33.8 Å². The highest BCUT2D eigenvalue weighted by Gasteiger charge is 2.36. The number of hydrogen-bond acceptors (Lipinski definition) is 6. The Hall–Kier alpha value is -4.19. The zero-order valence-corrected chi connectivity index (χ0v) is 22.6. The van der Waals surface area contributed by atoms with Crippen molar-refractivity contribution >= 4 is 58.2 Å². The van der Waals surface area contributed by atoms with Crippen LogP contribution in [0.25, 0.3) is 6.08 Å². The van der Waals surface area contributed by atoms with Gasteiger partial charge in [-0.05, 0) is 90.0 Å². The van der Waals surface area contributed by atoms with Gasteiger partial charge in [0.1, 0.15) is 12.2 Å². The van der Waals surface area contributed by atoms with E-state index in [1.165, 1.54) is 18.2 Å². The molecule has 0 unspecified atom stereocenters. The molecule has 1 saturated heterocycles. The molecule has 0 aromatic heterocycles. The molecule has 1 heterocycles. The fourth-order valence-corrected chi connectivity index (χ4v) is 4.56. The summed E-state index contributed by atoms with van der Waals surface area (Å²) in [4.78, 5) is 50.4. The number of halogens is 1. The molecule has 0 atom stereocenters. The first-order valence-electron chi connectivity index (χ1n) is 11.6. The van der Waals surface area contributed by atoms with Gasteiger partial charge in [0.2, 0.25) is 0 Å². The van der Waals surface area contributed by atoms with Gasteiger partial charge in [0.15, 0.2) is 11.5 Å². The molecule has 10 heteroatoms. The molecule has 1 aliphatic rings. The van der Waals surface area contributed by atoms with Crippen LogP contribution in [0.5, 0.6) is 11.5 Å². The van der Waals surface area contributed by atoms with Gasteiger partial charge in [-0.2, -0.15) is 0 Å². The number of imide groups is 2. The van der Waals surface area contributed by atoms with E-state index >= 15 is 0 Å². The second-order valence-corrected chi connectivity index (χ2v) is 9.51. The van der Waals surface area contributed by atoms with Crippen molar-refractivity contribution in [3.8, 4) is 11.5 Å². The van der Waals surface area contributed by atoms with Gasteiger partial charge in [-0.3, -0.25) is 14.9 Å². The molecule has 0 saturated carbocycles. The van der Waals surface area contributed by atoms with Crippen molar-refractivity contribution in [2.75, 3.05) is 11.5 Å². The van der Waals surface area contributed by atoms with Crippen LogP contribution in [0.1, 0.15) is 34.0 Å². The summed E-state index contributed by atoms with van der Waals surface area (Å²) in [6.45, 7) is 4.12. The second-order valence-electron chi connectivity index (χ2n) is 8.35. The molecule has 3 aromatic carbocycles. The zero-order chi connectivity index (χ0) is 27.4. The molecule has 4 amide bonds. The maximum Gasteiger partial charge on any atom is 0.335 e. The smallest absolute Gasteiger partial charge is 0.335 e. The summed E-state index contributed by atoms with van der Waals surface area (Å²) in [6, 6.07) is 15.8. The number of rotatable bonds is 8. The minimum atomic E-state index is -1.03. The van der Waals surface area contributed by atoms with Crippen LogP contribution >= 0.6 is 22.6 Å². The van der Waals surface area contributed by atoms with Crippen LogP contribution in [-0.2, 0) is 16.2 Å². The Morgan fingerprint density at radius 3 is 2.47 bits per heavy atom. The number of ether oxygens (including phenoxy) is 2. The first-order valence-corrected chi connectivity index (χ1v) is 12.6. The number of anilines is 1. The molecule has 38 heavy (non-hydrogen) atoms. The lowest BCUT2D eigenvalue weighted by Gasteiger charge is -2.26. The summed E-state index contributed by atoms with van der Waals surface area (Å²) < 4.78 is 12.4. The van der Waals surface area contributed by atoms with Crippen LogP contribution in [0.15, 0.2) is 66.2 Å². The number of urea groups is 1. The summed E-state index contributed by atoms with van der Waals surface area (Å²) in [6.07, 6.45) is 1.40. The highest BCUT2D eigenvalue weighted by Crippen LogP contribution is 2.36. The van der Waals surface area contributed by atoms with Crippen molar-refractivity contribution in [1.82, 2.24) is 5.32 Å². The van der Waals surface area contributed by atoms with Crippen LogP contribution in [-0.4, -0.2) is 35.5 Å². The normalized spacial score (nSPS) is 14.4. The van der Waals surface area contributed by atoms with E-state index in [2.05, 4.69) is 27.9 Å². The topological polar surface area (TPSA) is 122 Å². The minimum absolute atomic E-state index is 0.103. The number of nitrogens with one attached hydrogen (secondary N) is 1. The number of aromatic carboxylic acids is 1. The van der Waals surface area contributed by atoms with Crippen molar-refractivity contribution in [1.29, 1.82) is 0 Å². The standard InChI is InChI=1S/C28H23IN2O7/c1-3-37-23-14-18(13-22(29)24(23)38-15-17-5-4-6-19(11-17)27(34)35)12-21-25(32)30-28(36)31(26(21)33)20-9-7-16(2)8-10-20/h4-14H,3,15H2,1-2H3,(H,34,35)(H,30,32,36)/b21-12+. The maximum atomic E-state index is 13.2. The van der Waals surface area contributed by atoms with E-state index in [-0.39, 0.29) is 17.7 Å². The van der Waals surface area contributed by atoms with E-state index in [1.807, 2.05) is 6.92 Å². The lowest BCUT2D eigenvalue weighted by Crippen LogP contribution is -2.54. The van der Waals surface area contributed by atoms with Gasteiger partial charge >= 0.3 is 12.0 Å². The fourth-order valence-electron chi connectivity index (χ4n) is 3.78. The molecule has 0 spiro atoms. The van der Waals surface area contributed by atoms with Gasteiger partial charge in [-0.15, -0.1) is 0 Å². The van der Waals surface area contributed by atoms with Gasteiger partial charge < -0.3 is 14.6 Å². The molecule has 0 aliphatic carbocycles. The molecule has 4 rings (SSSR count). The minimum Gasteiger partial charge on any atom is -0.490 e. The summed E-state index contributed by atoms with van der Waals surface area (Å²) in [5, 5.41) is 11.4.